The molecule has 1 saturated carbocycles. The largest absolute Gasteiger partial charge is 0.465 e. The monoisotopic (exact) mass is 437 g/mol. The van der Waals surface area contributed by atoms with Crippen LogP contribution >= 0.6 is 11.6 Å². The van der Waals surface area contributed by atoms with Crippen molar-refractivity contribution >= 4 is 33.6 Å². The number of benzene rings is 2. The highest BCUT2D eigenvalue weighted by molar-refractivity contribution is 7.89. The van der Waals surface area contributed by atoms with Gasteiger partial charge in [-0.15, -0.1) is 0 Å². The van der Waals surface area contributed by atoms with Gasteiger partial charge in [-0.2, -0.15) is 0 Å². The van der Waals surface area contributed by atoms with E-state index in [1.165, 1.54) is 32.4 Å². The fourth-order valence-corrected chi connectivity index (χ4v) is 4.94. The van der Waals surface area contributed by atoms with Crippen molar-refractivity contribution in [1.29, 1.82) is 0 Å². The third-order valence-electron chi connectivity index (χ3n) is 4.99. The SMILES string of the molecule is COC(=O)c1cc(C(=O)OC)cc(S(=O)(=O)NC2(c3ccc(Cl)cc3)CCC2)c1. The van der Waals surface area contributed by atoms with E-state index >= 15 is 0 Å². The normalized spacial score (nSPS) is 15.3. The number of hydrogen-bond donors (Lipinski definition) is 1. The Kier molecular flexibility index (Phi) is 5.97. The average Bonchev–Trinajstić information content (AvgIpc) is 2.69. The molecule has 0 bridgehead atoms. The summed E-state index contributed by atoms with van der Waals surface area (Å²) in [5.41, 5.74) is -0.0975. The van der Waals surface area contributed by atoms with Crippen LogP contribution in [-0.2, 0) is 25.0 Å². The van der Waals surface area contributed by atoms with Crippen LogP contribution in [0.25, 0.3) is 0 Å². The topological polar surface area (TPSA) is 98.8 Å². The summed E-state index contributed by atoms with van der Waals surface area (Å²) in [6.45, 7) is 0. The molecule has 29 heavy (non-hydrogen) atoms. The van der Waals surface area contributed by atoms with Crippen LogP contribution in [0.3, 0.4) is 0 Å². The Balaban J connectivity index is 2.03. The van der Waals surface area contributed by atoms with Crippen molar-refractivity contribution in [3.63, 3.8) is 0 Å². The average molecular weight is 438 g/mol. The molecule has 2 aromatic carbocycles. The minimum atomic E-state index is -4.06. The highest BCUT2D eigenvalue weighted by atomic mass is 35.5. The molecule has 0 amide bonds. The van der Waals surface area contributed by atoms with Gasteiger partial charge in [0.25, 0.3) is 0 Å². The number of nitrogens with one attached hydrogen (secondary N) is 1. The van der Waals surface area contributed by atoms with Crippen molar-refractivity contribution in [3.8, 4) is 0 Å². The van der Waals surface area contributed by atoms with E-state index < -0.39 is 27.5 Å². The maximum atomic E-state index is 13.2. The number of ether oxygens (including phenoxy) is 2. The second kappa shape index (κ2) is 8.14. The minimum absolute atomic E-state index is 0.0649. The molecule has 7 nitrogen and oxygen atoms in total. The van der Waals surface area contributed by atoms with Crippen molar-refractivity contribution in [2.24, 2.45) is 0 Å². The summed E-state index contributed by atoms with van der Waals surface area (Å²) in [6, 6.07) is 10.6. The number of esters is 2. The first-order valence-electron chi connectivity index (χ1n) is 8.82. The molecular weight excluding hydrogens is 418 g/mol. The summed E-state index contributed by atoms with van der Waals surface area (Å²) in [5.74, 6) is -1.52. The lowest BCUT2D eigenvalue weighted by Gasteiger charge is -2.42. The highest BCUT2D eigenvalue weighted by Crippen LogP contribution is 2.42. The summed E-state index contributed by atoms with van der Waals surface area (Å²) < 4.78 is 38.4. The van der Waals surface area contributed by atoms with E-state index in [2.05, 4.69) is 14.2 Å². The summed E-state index contributed by atoms with van der Waals surface area (Å²) >= 11 is 5.95. The standard InChI is InChI=1S/C20H20ClNO6S/c1-27-18(23)13-10-14(19(24)28-2)12-17(11-13)29(25,26)22-20(8-3-9-20)15-4-6-16(21)7-5-15/h4-7,10-12,22H,3,8-9H2,1-2H3. The summed E-state index contributed by atoms with van der Waals surface area (Å²) in [7, 11) is -1.72. The fraction of sp³-hybridized carbons (Fsp3) is 0.300. The Morgan fingerprint density at radius 3 is 1.90 bits per heavy atom. The lowest BCUT2D eigenvalue weighted by molar-refractivity contribution is 0.0598. The molecule has 1 N–H and O–H groups in total. The van der Waals surface area contributed by atoms with Gasteiger partial charge in [-0.05, 0) is 55.2 Å². The molecule has 0 radical (unpaired) electrons. The number of carbonyl (C=O) groups is 2. The van der Waals surface area contributed by atoms with Crippen molar-refractivity contribution in [3.05, 3.63) is 64.2 Å². The molecule has 0 heterocycles. The van der Waals surface area contributed by atoms with E-state index in [-0.39, 0.29) is 16.0 Å². The predicted molar refractivity (Wildman–Crippen MR) is 106 cm³/mol. The molecule has 0 spiro atoms. The second-order valence-electron chi connectivity index (χ2n) is 6.78. The lowest BCUT2D eigenvalue weighted by Crippen LogP contribution is -2.50. The van der Waals surface area contributed by atoms with Crippen LogP contribution in [0.1, 0.15) is 45.5 Å². The van der Waals surface area contributed by atoms with Gasteiger partial charge >= 0.3 is 11.9 Å². The predicted octanol–water partition coefficient (Wildman–Crippen LogP) is 3.27. The van der Waals surface area contributed by atoms with Crippen molar-refractivity contribution in [2.45, 2.75) is 29.7 Å². The van der Waals surface area contributed by atoms with E-state index in [0.29, 0.717) is 17.9 Å². The third kappa shape index (κ3) is 4.29. The second-order valence-corrected chi connectivity index (χ2v) is 8.90. The zero-order valence-electron chi connectivity index (χ0n) is 15.9. The smallest absolute Gasteiger partial charge is 0.337 e. The molecule has 0 aliphatic heterocycles. The molecular formula is C20H20ClNO6S. The van der Waals surface area contributed by atoms with Crippen molar-refractivity contribution < 1.29 is 27.5 Å². The van der Waals surface area contributed by atoms with E-state index in [1.54, 1.807) is 24.3 Å². The molecule has 1 aliphatic carbocycles. The molecule has 1 fully saturated rings. The van der Waals surface area contributed by atoms with Gasteiger partial charge in [-0.1, -0.05) is 23.7 Å². The summed E-state index contributed by atoms with van der Waals surface area (Å²) in [5, 5.41) is 0.555. The molecule has 3 rings (SSSR count). The number of rotatable bonds is 6. The van der Waals surface area contributed by atoms with Crippen LogP contribution in [0.5, 0.6) is 0 Å². The van der Waals surface area contributed by atoms with E-state index in [1.807, 2.05) is 0 Å². The molecule has 0 unspecified atom stereocenters. The van der Waals surface area contributed by atoms with Crippen LogP contribution in [0, 0.1) is 0 Å². The zero-order valence-corrected chi connectivity index (χ0v) is 17.5. The Morgan fingerprint density at radius 1 is 0.966 bits per heavy atom. The van der Waals surface area contributed by atoms with Crippen LogP contribution in [0.15, 0.2) is 47.4 Å². The van der Waals surface area contributed by atoms with Crippen molar-refractivity contribution in [1.82, 2.24) is 4.72 Å². The number of carbonyl (C=O) groups excluding carboxylic acids is 2. The Bertz CT molecular complexity index is 1010. The minimum Gasteiger partial charge on any atom is -0.465 e. The van der Waals surface area contributed by atoms with Gasteiger partial charge in [-0.25, -0.2) is 22.7 Å². The molecule has 0 atom stereocenters. The van der Waals surface area contributed by atoms with Gasteiger partial charge in [0, 0.05) is 5.02 Å². The van der Waals surface area contributed by atoms with Gasteiger partial charge in [0.15, 0.2) is 0 Å². The van der Waals surface area contributed by atoms with Crippen LogP contribution < -0.4 is 4.72 Å². The van der Waals surface area contributed by atoms with Crippen molar-refractivity contribution in [2.75, 3.05) is 14.2 Å². The van der Waals surface area contributed by atoms with Crippen LogP contribution in [0.4, 0.5) is 0 Å². The number of hydrogen-bond acceptors (Lipinski definition) is 6. The highest BCUT2D eigenvalue weighted by Gasteiger charge is 2.42. The maximum absolute atomic E-state index is 13.2. The number of methoxy groups -OCH3 is 2. The van der Waals surface area contributed by atoms with Crippen LogP contribution in [0.2, 0.25) is 5.02 Å². The first-order chi connectivity index (χ1) is 13.7. The van der Waals surface area contributed by atoms with Crippen LogP contribution in [-0.4, -0.2) is 34.6 Å². The number of sulfonamides is 1. The van der Waals surface area contributed by atoms with E-state index in [0.717, 1.165) is 12.0 Å². The first-order valence-corrected chi connectivity index (χ1v) is 10.7. The molecule has 154 valence electrons. The fourth-order valence-electron chi connectivity index (χ4n) is 3.29. The first kappa shape index (κ1) is 21.3. The maximum Gasteiger partial charge on any atom is 0.337 e. The Hall–Kier alpha value is -2.42. The molecule has 0 saturated heterocycles. The number of halogens is 1. The van der Waals surface area contributed by atoms with Gasteiger partial charge in [0.05, 0.1) is 35.8 Å². The third-order valence-corrected chi connectivity index (χ3v) is 6.76. The zero-order chi connectivity index (χ0) is 21.2. The summed E-state index contributed by atoms with van der Waals surface area (Å²) in [4.78, 5) is 23.7. The Morgan fingerprint density at radius 2 is 1.48 bits per heavy atom. The summed E-state index contributed by atoms with van der Waals surface area (Å²) in [6.07, 6.45) is 2.10. The van der Waals surface area contributed by atoms with Gasteiger partial charge in [0.1, 0.15) is 0 Å². The molecule has 0 aromatic heterocycles. The van der Waals surface area contributed by atoms with E-state index in [4.69, 9.17) is 11.6 Å². The van der Waals surface area contributed by atoms with Gasteiger partial charge < -0.3 is 9.47 Å². The lowest BCUT2D eigenvalue weighted by atomic mass is 9.73. The molecule has 1 aliphatic rings. The molecule has 2 aromatic rings. The van der Waals surface area contributed by atoms with Gasteiger partial charge in [-0.3, -0.25) is 0 Å². The molecule has 9 heteroatoms. The Labute approximate surface area is 174 Å². The van der Waals surface area contributed by atoms with Gasteiger partial charge in [0.2, 0.25) is 10.0 Å². The quantitative estimate of drug-likeness (QED) is 0.696. The van der Waals surface area contributed by atoms with E-state index in [9.17, 15) is 18.0 Å².